The number of carbonyl (C=O) groups excluding carboxylic acids is 2. The smallest absolute Gasteiger partial charge is 0.269 e. The molecule has 2 atom stereocenters. The fourth-order valence-corrected chi connectivity index (χ4v) is 6.60. The van der Waals surface area contributed by atoms with Crippen LogP contribution in [0.1, 0.15) is 52.9 Å². The van der Waals surface area contributed by atoms with Gasteiger partial charge in [-0.15, -0.1) is 11.3 Å². The van der Waals surface area contributed by atoms with Crippen LogP contribution in [-0.2, 0) is 17.8 Å². The van der Waals surface area contributed by atoms with E-state index < -0.39 is 11.0 Å². The van der Waals surface area contributed by atoms with Crippen LogP contribution in [0.4, 0.5) is 5.69 Å². The molecule has 3 aromatic rings. The first kappa shape index (κ1) is 28.9. The minimum atomic E-state index is -0.568. The fourth-order valence-electron chi connectivity index (χ4n) is 5.92. The van der Waals surface area contributed by atoms with Gasteiger partial charge in [0.05, 0.1) is 9.80 Å². The maximum Gasteiger partial charge on any atom is 0.269 e. The minimum Gasteiger partial charge on any atom is -0.352 e. The predicted molar refractivity (Wildman–Crippen MR) is 160 cm³/mol. The van der Waals surface area contributed by atoms with Gasteiger partial charge >= 0.3 is 0 Å². The average Bonchev–Trinajstić information content (AvgIpc) is 3.68. The molecule has 2 aromatic carbocycles. The minimum absolute atomic E-state index is 0.0478. The number of thiophene rings is 1. The number of carbonyl (C=O) groups is 2. The van der Waals surface area contributed by atoms with Gasteiger partial charge in [0, 0.05) is 49.9 Å². The Morgan fingerprint density at radius 1 is 1.00 bits per heavy atom. The quantitative estimate of drug-likeness (QED) is 0.274. The summed E-state index contributed by atoms with van der Waals surface area (Å²) >= 11 is 1.39. The van der Waals surface area contributed by atoms with E-state index in [9.17, 15) is 19.7 Å². The molecule has 9 nitrogen and oxygen atoms in total. The van der Waals surface area contributed by atoms with Gasteiger partial charge in [-0.1, -0.05) is 48.5 Å². The standard InChI is InChI=1S/C31H37N5O4S/c32-24-10-12-25(13-11-24)33-30(37)28-19-27(21-35(28)31(38)29-7-4-18-41-29)34(17-16-22-5-2-1-3-6-22)20-23-8-14-26(15-9-23)36(39)40/h1-9,14-15,18,24-25,27-28H,10-13,16-17,19-21,32H2,(H,33,37). The van der Waals surface area contributed by atoms with Crippen molar-refractivity contribution < 1.29 is 14.5 Å². The van der Waals surface area contributed by atoms with Gasteiger partial charge in [0.15, 0.2) is 0 Å². The Morgan fingerprint density at radius 3 is 2.39 bits per heavy atom. The Labute approximate surface area is 244 Å². The van der Waals surface area contributed by atoms with E-state index in [1.807, 2.05) is 35.7 Å². The zero-order chi connectivity index (χ0) is 28.8. The van der Waals surface area contributed by atoms with E-state index in [1.54, 1.807) is 17.0 Å². The lowest BCUT2D eigenvalue weighted by atomic mass is 9.91. The van der Waals surface area contributed by atoms with Gasteiger partial charge in [0.2, 0.25) is 5.91 Å². The number of nitrogens with one attached hydrogen (secondary N) is 1. The normalized spacial score (nSPS) is 22.5. The number of hydrogen-bond acceptors (Lipinski definition) is 7. The SMILES string of the molecule is NC1CCC(NC(=O)C2CC(N(CCc3ccccc3)Cc3ccc([N+](=O)[O-])cc3)CN2C(=O)c2cccs2)CC1. The summed E-state index contributed by atoms with van der Waals surface area (Å²) < 4.78 is 0. The molecule has 1 aliphatic carbocycles. The number of nitro groups is 1. The molecule has 41 heavy (non-hydrogen) atoms. The van der Waals surface area contributed by atoms with E-state index in [2.05, 4.69) is 22.3 Å². The van der Waals surface area contributed by atoms with Crippen LogP contribution < -0.4 is 11.1 Å². The maximum absolute atomic E-state index is 13.7. The Bertz CT molecular complexity index is 1310. The Balaban J connectivity index is 1.37. The molecule has 216 valence electrons. The van der Waals surface area contributed by atoms with Crippen LogP contribution in [0.3, 0.4) is 0 Å². The topological polar surface area (TPSA) is 122 Å². The van der Waals surface area contributed by atoms with Gasteiger partial charge in [0.25, 0.3) is 11.6 Å². The summed E-state index contributed by atoms with van der Waals surface area (Å²) in [6, 6.07) is 20.2. The number of non-ortho nitro benzene ring substituents is 1. The second-order valence-electron chi connectivity index (χ2n) is 11.1. The summed E-state index contributed by atoms with van der Waals surface area (Å²) in [5.74, 6) is -0.220. The van der Waals surface area contributed by atoms with Crippen LogP contribution in [0.2, 0.25) is 0 Å². The van der Waals surface area contributed by atoms with E-state index in [1.165, 1.54) is 29.0 Å². The van der Waals surface area contributed by atoms with Crippen LogP contribution in [0.25, 0.3) is 0 Å². The van der Waals surface area contributed by atoms with Crippen molar-refractivity contribution in [1.29, 1.82) is 0 Å². The zero-order valence-corrected chi connectivity index (χ0v) is 23.9. The van der Waals surface area contributed by atoms with Crippen LogP contribution in [-0.4, -0.2) is 63.8 Å². The van der Waals surface area contributed by atoms with Gasteiger partial charge in [-0.2, -0.15) is 0 Å². The van der Waals surface area contributed by atoms with Crippen molar-refractivity contribution in [1.82, 2.24) is 15.1 Å². The number of nitro benzene ring substituents is 1. The Hall–Kier alpha value is -3.60. The first-order chi connectivity index (χ1) is 19.9. The van der Waals surface area contributed by atoms with Gasteiger partial charge in [0.1, 0.15) is 6.04 Å². The highest BCUT2D eigenvalue weighted by molar-refractivity contribution is 7.12. The molecule has 0 spiro atoms. The molecule has 1 saturated heterocycles. The molecule has 2 unspecified atom stereocenters. The van der Waals surface area contributed by atoms with Crippen molar-refractivity contribution in [3.63, 3.8) is 0 Å². The number of nitrogens with zero attached hydrogens (tertiary/aromatic N) is 3. The highest BCUT2D eigenvalue weighted by Gasteiger charge is 2.42. The van der Waals surface area contributed by atoms with Crippen LogP contribution in [0.15, 0.2) is 72.1 Å². The summed E-state index contributed by atoms with van der Waals surface area (Å²) in [6.07, 6.45) is 4.81. The average molecular weight is 576 g/mol. The molecule has 2 heterocycles. The Morgan fingerprint density at radius 2 is 1.73 bits per heavy atom. The monoisotopic (exact) mass is 575 g/mol. The molecule has 1 saturated carbocycles. The summed E-state index contributed by atoms with van der Waals surface area (Å²) in [6.45, 7) is 1.72. The van der Waals surface area contributed by atoms with Crippen molar-refractivity contribution in [3.8, 4) is 0 Å². The maximum atomic E-state index is 13.7. The molecule has 0 bridgehead atoms. The lowest BCUT2D eigenvalue weighted by Gasteiger charge is -2.29. The summed E-state index contributed by atoms with van der Waals surface area (Å²) in [5, 5.41) is 16.3. The summed E-state index contributed by atoms with van der Waals surface area (Å²) in [4.78, 5) is 42.8. The van der Waals surface area contributed by atoms with E-state index >= 15 is 0 Å². The van der Waals surface area contributed by atoms with Gasteiger partial charge in [-0.05, 0) is 61.1 Å². The second-order valence-corrected chi connectivity index (χ2v) is 12.0. The highest BCUT2D eigenvalue weighted by atomic mass is 32.1. The summed E-state index contributed by atoms with van der Waals surface area (Å²) in [7, 11) is 0. The van der Waals surface area contributed by atoms with Crippen molar-refractivity contribution in [2.75, 3.05) is 13.1 Å². The fraction of sp³-hybridized carbons (Fsp3) is 0.419. The van der Waals surface area contributed by atoms with Crippen molar-refractivity contribution in [2.45, 2.75) is 69.2 Å². The van der Waals surface area contributed by atoms with E-state index in [4.69, 9.17) is 5.73 Å². The molecule has 2 fully saturated rings. The predicted octanol–water partition coefficient (Wildman–Crippen LogP) is 4.37. The van der Waals surface area contributed by atoms with Crippen LogP contribution in [0, 0.1) is 10.1 Å². The molecule has 1 aromatic heterocycles. The van der Waals surface area contributed by atoms with E-state index in [0.717, 1.165) is 44.2 Å². The lowest BCUT2D eigenvalue weighted by Crippen LogP contribution is -2.50. The van der Waals surface area contributed by atoms with Gasteiger partial charge < -0.3 is 16.0 Å². The molecule has 2 amide bonds. The zero-order valence-electron chi connectivity index (χ0n) is 23.1. The van der Waals surface area contributed by atoms with Crippen molar-refractivity contribution >= 4 is 28.8 Å². The molecule has 0 radical (unpaired) electrons. The number of amides is 2. The molecule has 5 rings (SSSR count). The van der Waals surface area contributed by atoms with Crippen molar-refractivity contribution in [3.05, 3.63) is 98.2 Å². The molecule has 3 N–H and O–H groups in total. The lowest BCUT2D eigenvalue weighted by molar-refractivity contribution is -0.384. The largest absolute Gasteiger partial charge is 0.352 e. The first-order valence-corrected chi connectivity index (χ1v) is 15.2. The highest BCUT2D eigenvalue weighted by Crippen LogP contribution is 2.28. The van der Waals surface area contributed by atoms with Crippen LogP contribution in [0.5, 0.6) is 0 Å². The third-order valence-corrected chi connectivity index (χ3v) is 9.13. The number of likely N-dealkylation sites (tertiary alicyclic amines) is 1. The van der Waals surface area contributed by atoms with E-state index in [0.29, 0.717) is 24.4 Å². The second kappa shape index (κ2) is 13.4. The van der Waals surface area contributed by atoms with E-state index in [-0.39, 0.29) is 35.6 Å². The van der Waals surface area contributed by atoms with Gasteiger partial charge in [-0.25, -0.2) is 0 Å². The molecular formula is C31H37N5O4S. The number of hydrogen-bond donors (Lipinski definition) is 2. The molecule has 1 aliphatic heterocycles. The number of benzene rings is 2. The third kappa shape index (κ3) is 7.38. The van der Waals surface area contributed by atoms with Crippen LogP contribution >= 0.6 is 11.3 Å². The third-order valence-electron chi connectivity index (χ3n) is 8.27. The summed E-state index contributed by atoms with van der Waals surface area (Å²) in [5.41, 5.74) is 8.28. The van der Waals surface area contributed by atoms with Gasteiger partial charge in [-0.3, -0.25) is 24.6 Å². The number of rotatable bonds is 10. The Kier molecular flexibility index (Phi) is 9.43. The molecular weight excluding hydrogens is 538 g/mol. The van der Waals surface area contributed by atoms with Crippen molar-refractivity contribution in [2.24, 2.45) is 5.73 Å². The first-order valence-electron chi connectivity index (χ1n) is 14.3. The molecule has 2 aliphatic rings. The number of nitrogens with two attached hydrogens (primary N) is 1. The molecule has 10 heteroatoms.